The van der Waals surface area contributed by atoms with Gasteiger partial charge in [0.25, 0.3) is 0 Å². The van der Waals surface area contributed by atoms with Crippen molar-refractivity contribution in [2.24, 2.45) is 5.92 Å². The summed E-state index contributed by atoms with van der Waals surface area (Å²) < 4.78 is 17.4. The Morgan fingerprint density at radius 2 is 1.56 bits per heavy atom. The highest BCUT2D eigenvalue weighted by Crippen LogP contribution is 2.25. The molecule has 0 saturated heterocycles. The molecular weight excluding hydrogens is 548 g/mol. The number of nitrogens with zero attached hydrogens (tertiary/aromatic N) is 4. The van der Waals surface area contributed by atoms with E-state index in [2.05, 4.69) is 56.5 Å². The van der Waals surface area contributed by atoms with Crippen LogP contribution in [0.1, 0.15) is 57.9 Å². The average Bonchev–Trinajstić information content (AvgIpc) is 3.01. The fraction of sp³-hybridized carbons (Fsp3) is 0.548. The molecule has 1 unspecified atom stereocenters. The van der Waals surface area contributed by atoms with E-state index in [0.717, 1.165) is 38.5 Å². The number of hydrogen-bond acceptors (Lipinski definition) is 12. The Morgan fingerprint density at radius 1 is 0.884 bits per heavy atom. The summed E-state index contributed by atoms with van der Waals surface area (Å²) in [5, 5.41) is 16.7. The third-order valence-electron chi connectivity index (χ3n) is 6.99. The van der Waals surface area contributed by atoms with Gasteiger partial charge in [-0.2, -0.15) is 9.97 Å². The van der Waals surface area contributed by atoms with Gasteiger partial charge in [-0.05, 0) is 43.6 Å². The molecule has 43 heavy (non-hydrogen) atoms. The number of aliphatic hydroxyl groups is 1. The summed E-state index contributed by atoms with van der Waals surface area (Å²) in [6, 6.07) is 10.3. The number of ether oxygens (including phenoxy) is 3. The molecule has 0 fully saturated rings. The Bertz CT molecular complexity index is 1200. The molecule has 12 heteroatoms. The van der Waals surface area contributed by atoms with E-state index in [-0.39, 0.29) is 36.5 Å². The van der Waals surface area contributed by atoms with Crippen molar-refractivity contribution in [3.63, 3.8) is 0 Å². The highest BCUT2D eigenvalue weighted by Gasteiger charge is 2.18. The van der Waals surface area contributed by atoms with E-state index in [9.17, 15) is 5.11 Å². The average molecular weight is 597 g/mol. The summed E-state index contributed by atoms with van der Waals surface area (Å²) in [6.45, 7) is 5.88. The van der Waals surface area contributed by atoms with Crippen LogP contribution < -0.4 is 31.6 Å². The fourth-order valence-electron chi connectivity index (χ4n) is 4.70. The summed E-state index contributed by atoms with van der Waals surface area (Å²) in [4.78, 5) is 16.7. The number of aliphatic hydroxyl groups excluding tert-OH is 1. The van der Waals surface area contributed by atoms with E-state index in [0.29, 0.717) is 49.4 Å². The predicted molar refractivity (Wildman–Crippen MR) is 170 cm³/mol. The molecule has 2 aromatic heterocycles. The molecule has 3 atom stereocenters. The minimum Gasteiger partial charge on any atom is -0.491 e. The van der Waals surface area contributed by atoms with Crippen molar-refractivity contribution in [2.45, 2.75) is 70.9 Å². The van der Waals surface area contributed by atoms with Crippen LogP contribution in [0, 0.1) is 5.92 Å². The van der Waals surface area contributed by atoms with Gasteiger partial charge in [0.2, 0.25) is 11.9 Å². The predicted octanol–water partition coefficient (Wildman–Crippen LogP) is 4.33. The van der Waals surface area contributed by atoms with Gasteiger partial charge < -0.3 is 41.4 Å². The van der Waals surface area contributed by atoms with Crippen LogP contribution in [0.15, 0.2) is 42.7 Å². The fourth-order valence-corrected chi connectivity index (χ4v) is 4.70. The van der Waals surface area contributed by atoms with Crippen LogP contribution in [0.5, 0.6) is 11.5 Å². The normalized spacial score (nSPS) is 13.2. The number of unbranched alkanes of at least 4 members (excludes halogenated alkanes) is 1. The van der Waals surface area contributed by atoms with Crippen molar-refractivity contribution in [1.29, 1.82) is 0 Å². The first kappa shape index (κ1) is 33.6. The quantitative estimate of drug-likeness (QED) is 0.110. The van der Waals surface area contributed by atoms with Gasteiger partial charge in [0.1, 0.15) is 0 Å². The second-order valence-electron chi connectivity index (χ2n) is 10.7. The van der Waals surface area contributed by atoms with E-state index in [1.54, 1.807) is 6.20 Å². The molecule has 0 radical (unpaired) electrons. The number of hydrogen-bond donors (Lipinski definition) is 5. The number of aryl methyl sites for hydroxylation is 1. The number of rotatable bonds is 21. The van der Waals surface area contributed by atoms with Crippen LogP contribution in [0.4, 0.5) is 23.5 Å². The molecule has 0 bridgehead atoms. The number of aromatic nitrogens is 4. The van der Waals surface area contributed by atoms with Crippen molar-refractivity contribution >= 4 is 23.5 Å². The molecule has 2 heterocycles. The molecule has 0 amide bonds. The number of nitrogens with two attached hydrogens (primary N) is 2. The van der Waals surface area contributed by atoms with Crippen molar-refractivity contribution in [1.82, 2.24) is 19.9 Å². The second-order valence-corrected chi connectivity index (χ2v) is 10.7. The van der Waals surface area contributed by atoms with Gasteiger partial charge in [-0.15, -0.1) is 0 Å². The number of nitrogens with one attached hydrogen (secondary N) is 2. The molecule has 7 N–H and O–H groups in total. The minimum atomic E-state index is -0.241. The first-order valence-corrected chi connectivity index (χ1v) is 15.1. The van der Waals surface area contributed by atoms with E-state index in [4.69, 9.17) is 25.7 Å². The smallest absolute Gasteiger partial charge is 0.222 e. The minimum absolute atomic E-state index is 0.0703. The van der Waals surface area contributed by atoms with Gasteiger partial charge in [-0.25, -0.2) is 9.97 Å². The maximum atomic E-state index is 9.94. The molecule has 0 saturated carbocycles. The lowest BCUT2D eigenvalue weighted by atomic mass is 10.0. The molecule has 236 valence electrons. The summed E-state index contributed by atoms with van der Waals surface area (Å²) in [5.41, 5.74) is 12.9. The molecule has 0 aliphatic heterocycles. The number of nitrogen functional groups attached to an aromatic ring is 2. The second kappa shape index (κ2) is 18.6. The summed E-state index contributed by atoms with van der Waals surface area (Å²) in [7, 11) is 1.54. The van der Waals surface area contributed by atoms with Crippen molar-refractivity contribution in [2.75, 3.05) is 55.6 Å². The van der Waals surface area contributed by atoms with E-state index >= 15 is 0 Å². The van der Waals surface area contributed by atoms with E-state index < -0.39 is 0 Å². The Balaban J connectivity index is 1.47. The zero-order valence-corrected chi connectivity index (χ0v) is 25.7. The van der Waals surface area contributed by atoms with Crippen molar-refractivity contribution in [3.05, 3.63) is 48.3 Å². The van der Waals surface area contributed by atoms with Crippen LogP contribution in [0.2, 0.25) is 0 Å². The lowest BCUT2D eigenvalue weighted by Crippen LogP contribution is -2.29. The van der Waals surface area contributed by atoms with E-state index in [1.165, 1.54) is 18.9 Å². The van der Waals surface area contributed by atoms with Gasteiger partial charge in [0.15, 0.2) is 23.1 Å². The molecule has 3 rings (SSSR count). The molecule has 12 nitrogen and oxygen atoms in total. The summed E-state index contributed by atoms with van der Waals surface area (Å²) in [6.07, 6.45) is 9.55. The lowest BCUT2D eigenvalue weighted by molar-refractivity contribution is 0.0925. The number of methoxy groups -OCH3 is 1. The molecule has 0 aliphatic carbocycles. The third kappa shape index (κ3) is 12.1. The lowest BCUT2D eigenvalue weighted by Gasteiger charge is -2.23. The molecule has 1 aromatic carbocycles. The molecular formula is C31H48N8O4. The van der Waals surface area contributed by atoms with Crippen LogP contribution in [-0.4, -0.2) is 70.7 Å². The van der Waals surface area contributed by atoms with Gasteiger partial charge >= 0.3 is 0 Å². The van der Waals surface area contributed by atoms with Crippen LogP contribution >= 0.6 is 0 Å². The van der Waals surface area contributed by atoms with E-state index in [1.807, 2.05) is 18.2 Å². The Morgan fingerprint density at radius 3 is 2.23 bits per heavy atom. The van der Waals surface area contributed by atoms with Gasteiger partial charge in [-0.1, -0.05) is 57.0 Å². The van der Waals surface area contributed by atoms with Gasteiger partial charge in [0, 0.05) is 19.3 Å². The Labute approximate surface area is 255 Å². The van der Waals surface area contributed by atoms with Crippen LogP contribution in [0.25, 0.3) is 0 Å². The molecule has 3 aromatic rings. The summed E-state index contributed by atoms with van der Waals surface area (Å²) in [5.74, 6) is 2.66. The third-order valence-corrected chi connectivity index (χ3v) is 6.99. The first-order valence-electron chi connectivity index (χ1n) is 15.1. The summed E-state index contributed by atoms with van der Waals surface area (Å²) >= 11 is 0. The SMILES string of the molecule is CCCC[C@@H](CCOCC(C)C[C@@H](CO)Nc1nc(N)ncc1OC)Nc1nc(N)ncc1OCCCc1ccccc1. The zero-order valence-electron chi connectivity index (χ0n) is 25.7. The number of benzene rings is 1. The highest BCUT2D eigenvalue weighted by atomic mass is 16.5. The largest absolute Gasteiger partial charge is 0.491 e. The molecule has 0 aliphatic rings. The standard InChI is InChI=1S/C31H48N8O4/c1-4-5-13-24(36-29-27(19-35-31(33)39-29)43-15-9-12-23-10-7-6-8-11-23)14-16-42-21-22(2)17-25(20-40)37-28-26(41-3)18-34-30(32)38-28/h6-8,10-11,18-19,22,24-25,40H,4-5,9,12-17,20-21H2,1-3H3,(H3,32,34,37,38)(H3,33,35,36,39)/t22?,24-,25-/m0/s1. The van der Waals surface area contributed by atoms with Crippen molar-refractivity contribution < 1.29 is 19.3 Å². The van der Waals surface area contributed by atoms with Gasteiger partial charge in [0.05, 0.1) is 38.8 Å². The first-order chi connectivity index (χ1) is 20.9. The van der Waals surface area contributed by atoms with Crippen LogP contribution in [-0.2, 0) is 11.2 Å². The maximum absolute atomic E-state index is 9.94. The zero-order chi connectivity index (χ0) is 30.9. The van der Waals surface area contributed by atoms with Crippen LogP contribution in [0.3, 0.4) is 0 Å². The maximum Gasteiger partial charge on any atom is 0.222 e. The highest BCUT2D eigenvalue weighted by molar-refractivity contribution is 5.52. The Kier molecular flexibility index (Phi) is 14.5. The monoisotopic (exact) mass is 596 g/mol. The molecule has 0 spiro atoms. The van der Waals surface area contributed by atoms with Crippen molar-refractivity contribution in [3.8, 4) is 11.5 Å². The topological polar surface area (TPSA) is 176 Å². The Hall–Kier alpha value is -3.90. The van der Waals surface area contributed by atoms with Gasteiger partial charge in [-0.3, -0.25) is 0 Å². The number of anilines is 4.